The van der Waals surface area contributed by atoms with E-state index in [0.717, 1.165) is 37.1 Å². The van der Waals surface area contributed by atoms with Gasteiger partial charge in [-0.15, -0.1) is 11.3 Å². The van der Waals surface area contributed by atoms with Crippen molar-refractivity contribution in [3.05, 3.63) is 57.3 Å². The maximum absolute atomic E-state index is 11.3. The van der Waals surface area contributed by atoms with Gasteiger partial charge in [-0.2, -0.15) is 0 Å². The van der Waals surface area contributed by atoms with E-state index in [1.165, 1.54) is 4.88 Å². The Morgan fingerprint density at radius 1 is 1.38 bits per heavy atom. The largest absolute Gasteiger partial charge is 0.478 e. The van der Waals surface area contributed by atoms with E-state index >= 15 is 0 Å². The fraction of sp³-hybridized carbons (Fsp3) is 0.353. The lowest BCUT2D eigenvalue weighted by Crippen LogP contribution is -2.34. The highest BCUT2D eigenvalue weighted by molar-refractivity contribution is 7.10. The minimum Gasteiger partial charge on any atom is -0.478 e. The molecular weight excluding hydrogens is 282 g/mol. The fourth-order valence-corrected chi connectivity index (χ4v) is 4.16. The summed E-state index contributed by atoms with van der Waals surface area (Å²) in [5.41, 5.74) is 2.65. The van der Waals surface area contributed by atoms with Crippen LogP contribution in [0.15, 0.2) is 35.7 Å². The molecule has 1 aliphatic heterocycles. The SMILES string of the molecule is CCC(c1cccs1)N1CCc2c(cccc2C(=O)O)C1. The lowest BCUT2D eigenvalue weighted by molar-refractivity contribution is 0.0694. The highest BCUT2D eigenvalue weighted by Gasteiger charge is 2.26. The highest BCUT2D eigenvalue weighted by atomic mass is 32.1. The molecular formula is C17H19NO2S. The van der Waals surface area contributed by atoms with E-state index in [-0.39, 0.29) is 0 Å². The van der Waals surface area contributed by atoms with E-state index in [4.69, 9.17) is 0 Å². The zero-order valence-corrected chi connectivity index (χ0v) is 12.9. The molecule has 0 spiro atoms. The van der Waals surface area contributed by atoms with Crippen LogP contribution < -0.4 is 0 Å². The number of carbonyl (C=O) groups is 1. The van der Waals surface area contributed by atoms with Gasteiger partial charge in [-0.05, 0) is 41.5 Å². The van der Waals surface area contributed by atoms with Gasteiger partial charge in [0.1, 0.15) is 0 Å². The molecule has 110 valence electrons. The van der Waals surface area contributed by atoms with Crippen LogP contribution in [-0.4, -0.2) is 22.5 Å². The number of fused-ring (bicyclic) bond motifs is 1. The molecule has 0 radical (unpaired) electrons. The van der Waals surface area contributed by atoms with Crippen LogP contribution in [0.25, 0.3) is 0 Å². The first-order chi connectivity index (χ1) is 10.2. The summed E-state index contributed by atoms with van der Waals surface area (Å²) in [5.74, 6) is -0.814. The number of hydrogen-bond donors (Lipinski definition) is 1. The third-order valence-electron chi connectivity index (χ3n) is 4.22. The van der Waals surface area contributed by atoms with Crippen molar-refractivity contribution in [3.8, 4) is 0 Å². The third kappa shape index (κ3) is 2.74. The summed E-state index contributed by atoms with van der Waals surface area (Å²) < 4.78 is 0. The summed E-state index contributed by atoms with van der Waals surface area (Å²) in [6.07, 6.45) is 1.90. The molecule has 0 saturated heterocycles. The number of carboxylic acids is 1. The molecule has 0 saturated carbocycles. The van der Waals surface area contributed by atoms with Crippen molar-refractivity contribution in [2.45, 2.75) is 32.4 Å². The normalized spacial score (nSPS) is 16.4. The van der Waals surface area contributed by atoms with Crippen LogP contribution in [0, 0.1) is 0 Å². The molecule has 1 N–H and O–H groups in total. The summed E-state index contributed by atoms with van der Waals surface area (Å²) in [7, 11) is 0. The maximum atomic E-state index is 11.3. The number of thiophene rings is 1. The van der Waals surface area contributed by atoms with Gasteiger partial charge < -0.3 is 5.11 Å². The standard InChI is InChI=1S/C17H19NO2S/c1-2-15(16-7-4-10-21-16)18-9-8-13-12(11-18)5-3-6-14(13)17(19)20/h3-7,10,15H,2,8-9,11H2,1H3,(H,19,20). The Balaban J connectivity index is 1.88. The second-order valence-corrected chi connectivity index (χ2v) is 6.39. The average Bonchev–Trinajstić information content (AvgIpc) is 3.01. The van der Waals surface area contributed by atoms with Crippen molar-refractivity contribution in [1.29, 1.82) is 0 Å². The molecule has 1 aromatic heterocycles. The summed E-state index contributed by atoms with van der Waals surface area (Å²) >= 11 is 1.80. The van der Waals surface area contributed by atoms with E-state index in [1.807, 2.05) is 6.07 Å². The minimum atomic E-state index is -0.814. The van der Waals surface area contributed by atoms with Gasteiger partial charge >= 0.3 is 5.97 Å². The second-order valence-electron chi connectivity index (χ2n) is 5.41. The van der Waals surface area contributed by atoms with Gasteiger partial charge in [-0.25, -0.2) is 4.79 Å². The number of benzene rings is 1. The Morgan fingerprint density at radius 3 is 2.90 bits per heavy atom. The smallest absolute Gasteiger partial charge is 0.335 e. The number of hydrogen-bond acceptors (Lipinski definition) is 3. The van der Waals surface area contributed by atoms with Crippen molar-refractivity contribution in [1.82, 2.24) is 4.90 Å². The molecule has 0 fully saturated rings. The van der Waals surface area contributed by atoms with Crippen molar-refractivity contribution in [3.63, 3.8) is 0 Å². The molecule has 1 aliphatic rings. The summed E-state index contributed by atoms with van der Waals surface area (Å²) in [6.45, 7) is 3.98. The number of nitrogens with zero attached hydrogens (tertiary/aromatic N) is 1. The van der Waals surface area contributed by atoms with Gasteiger partial charge in [0, 0.05) is 24.0 Å². The molecule has 3 nitrogen and oxygen atoms in total. The fourth-order valence-electron chi connectivity index (χ4n) is 3.22. The lowest BCUT2D eigenvalue weighted by atomic mass is 9.93. The number of aromatic carboxylic acids is 1. The monoisotopic (exact) mass is 301 g/mol. The first kappa shape index (κ1) is 14.3. The molecule has 21 heavy (non-hydrogen) atoms. The van der Waals surface area contributed by atoms with Crippen LogP contribution in [0.1, 0.15) is 45.7 Å². The summed E-state index contributed by atoms with van der Waals surface area (Å²) in [6, 6.07) is 10.4. The number of rotatable bonds is 4. The Kier molecular flexibility index (Phi) is 4.08. The Bertz CT molecular complexity index is 636. The number of carboxylic acid groups (broad SMARTS) is 1. The lowest BCUT2D eigenvalue weighted by Gasteiger charge is -2.35. The van der Waals surface area contributed by atoms with Crippen molar-refractivity contribution < 1.29 is 9.90 Å². The van der Waals surface area contributed by atoms with E-state index < -0.39 is 5.97 Å². The van der Waals surface area contributed by atoms with E-state index in [0.29, 0.717) is 11.6 Å². The van der Waals surface area contributed by atoms with Crippen molar-refractivity contribution in [2.24, 2.45) is 0 Å². The molecule has 2 heterocycles. The predicted molar refractivity (Wildman–Crippen MR) is 84.9 cm³/mol. The van der Waals surface area contributed by atoms with Crippen molar-refractivity contribution in [2.75, 3.05) is 6.54 Å². The third-order valence-corrected chi connectivity index (χ3v) is 5.20. The molecule has 2 aromatic rings. The molecule has 0 bridgehead atoms. The van der Waals surface area contributed by atoms with Gasteiger partial charge in [-0.3, -0.25) is 4.90 Å². The topological polar surface area (TPSA) is 40.5 Å². The van der Waals surface area contributed by atoms with Gasteiger partial charge in [0.2, 0.25) is 0 Å². The quantitative estimate of drug-likeness (QED) is 0.929. The summed E-state index contributed by atoms with van der Waals surface area (Å²) in [4.78, 5) is 15.2. The zero-order chi connectivity index (χ0) is 14.8. The minimum absolute atomic E-state index is 0.437. The van der Waals surface area contributed by atoms with E-state index in [9.17, 15) is 9.90 Å². The second kappa shape index (κ2) is 6.00. The molecule has 4 heteroatoms. The van der Waals surface area contributed by atoms with Crippen LogP contribution in [0.4, 0.5) is 0 Å². The first-order valence-electron chi connectivity index (χ1n) is 7.32. The Labute approximate surface area is 128 Å². The predicted octanol–water partition coefficient (Wildman–Crippen LogP) is 3.96. The van der Waals surface area contributed by atoms with Crippen LogP contribution in [-0.2, 0) is 13.0 Å². The van der Waals surface area contributed by atoms with Gasteiger partial charge in [0.05, 0.1) is 5.56 Å². The Morgan fingerprint density at radius 2 is 2.24 bits per heavy atom. The zero-order valence-electron chi connectivity index (χ0n) is 12.1. The van der Waals surface area contributed by atoms with Gasteiger partial charge in [0.25, 0.3) is 0 Å². The average molecular weight is 301 g/mol. The van der Waals surface area contributed by atoms with E-state index in [2.05, 4.69) is 35.4 Å². The summed E-state index contributed by atoms with van der Waals surface area (Å²) in [5, 5.41) is 11.4. The van der Waals surface area contributed by atoms with Crippen LogP contribution in [0.2, 0.25) is 0 Å². The molecule has 1 atom stereocenters. The van der Waals surface area contributed by atoms with Gasteiger partial charge in [-0.1, -0.05) is 25.1 Å². The van der Waals surface area contributed by atoms with Crippen LogP contribution in [0.3, 0.4) is 0 Å². The Hall–Kier alpha value is -1.65. The van der Waals surface area contributed by atoms with Crippen LogP contribution >= 0.6 is 11.3 Å². The maximum Gasteiger partial charge on any atom is 0.335 e. The van der Waals surface area contributed by atoms with E-state index in [1.54, 1.807) is 17.4 Å². The van der Waals surface area contributed by atoms with Crippen molar-refractivity contribution >= 4 is 17.3 Å². The first-order valence-corrected chi connectivity index (χ1v) is 8.20. The molecule has 1 unspecified atom stereocenters. The molecule has 0 aliphatic carbocycles. The molecule has 3 rings (SSSR count). The molecule has 0 amide bonds. The van der Waals surface area contributed by atoms with Gasteiger partial charge in [0.15, 0.2) is 0 Å². The highest BCUT2D eigenvalue weighted by Crippen LogP contribution is 2.33. The molecule has 1 aromatic carbocycles. The van der Waals surface area contributed by atoms with Crippen LogP contribution in [0.5, 0.6) is 0 Å².